The molecule has 0 spiro atoms. The number of nitrogens with one attached hydrogen (secondary N) is 1. The average Bonchev–Trinajstić information content (AvgIpc) is 2.30. The highest BCUT2D eigenvalue weighted by molar-refractivity contribution is 6.41. The second kappa shape index (κ2) is 8.08. The summed E-state index contributed by atoms with van der Waals surface area (Å²) in [6, 6.07) is 3.43. The van der Waals surface area contributed by atoms with Gasteiger partial charge in [-0.25, -0.2) is 0 Å². The molecule has 0 amide bonds. The smallest absolute Gasteiger partial charge is 0.0722 e. The number of methoxy groups -OCH3 is 1. The Kier molecular flexibility index (Phi) is 7.12. The highest BCUT2D eigenvalue weighted by Gasteiger charge is 2.13. The van der Waals surface area contributed by atoms with E-state index in [9.17, 15) is 0 Å². The molecule has 6 heteroatoms. The van der Waals surface area contributed by atoms with Crippen LogP contribution in [0.3, 0.4) is 0 Å². The fraction of sp³-hybridized carbons (Fsp3) is 0.500. The largest absolute Gasteiger partial charge is 0.383 e. The Morgan fingerprint density at radius 3 is 2.39 bits per heavy atom. The van der Waals surface area contributed by atoms with E-state index in [1.165, 1.54) is 0 Å². The normalized spacial score (nSPS) is 12.5. The first-order valence-corrected chi connectivity index (χ1v) is 6.82. The van der Waals surface area contributed by atoms with Gasteiger partial charge in [0.1, 0.15) is 0 Å². The number of rotatable bonds is 7. The van der Waals surface area contributed by atoms with Gasteiger partial charge in [-0.1, -0.05) is 34.8 Å². The van der Waals surface area contributed by atoms with E-state index in [4.69, 9.17) is 45.3 Å². The monoisotopic (exact) mass is 310 g/mol. The quantitative estimate of drug-likeness (QED) is 0.805. The molecule has 0 saturated carbocycles. The van der Waals surface area contributed by atoms with Crippen molar-refractivity contribution >= 4 is 40.5 Å². The van der Waals surface area contributed by atoms with Crippen molar-refractivity contribution in [3.63, 3.8) is 0 Å². The maximum atomic E-state index is 6.12. The fourth-order valence-corrected chi connectivity index (χ4v) is 2.57. The second-order valence-electron chi connectivity index (χ2n) is 3.97. The predicted molar refractivity (Wildman–Crippen MR) is 79.0 cm³/mol. The predicted octanol–water partition coefficient (Wildman–Crippen LogP) is 3.81. The minimum Gasteiger partial charge on any atom is -0.383 e. The Balaban J connectivity index is 2.79. The van der Waals surface area contributed by atoms with Crippen LogP contribution < -0.4 is 11.1 Å². The molecule has 102 valence electrons. The lowest BCUT2D eigenvalue weighted by molar-refractivity contribution is 0.182. The molecule has 0 aliphatic carbocycles. The van der Waals surface area contributed by atoms with Gasteiger partial charge in [-0.2, -0.15) is 0 Å². The molecular weight excluding hydrogens is 295 g/mol. The molecular formula is C12H17Cl3N2O. The third-order valence-electron chi connectivity index (χ3n) is 2.48. The zero-order valence-corrected chi connectivity index (χ0v) is 12.4. The highest BCUT2D eigenvalue weighted by atomic mass is 35.5. The van der Waals surface area contributed by atoms with Crippen LogP contribution in [0.1, 0.15) is 12.8 Å². The van der Waals surface area contributed by atoms with Gasteiger partial charge in [0.25, 0.3) is 0 Å². The van der Waals surface area contributed by atoms with E-state index < -0.39 is 0 Å². The zero-order valence-electron chi connectivity index (χ0n) is 10.2. The number of nitrogens with two attached hydrogens (primary N) is 1. The molecule has 0 fully saturated rings. The summed E-state index contributed by atoms with van der Waals surface area (Å²) in [5.41, 5.74) is 6.19. The van der Waals surface area contributed by atoms with Crippen molar-refractivity contribution < 1.29 is 4.74 Å². The van der Waals surface area contributed by atoms with Crippen molar-refractivity contribution in [1.82, 2.24) is 0 Å². The first-order valence-electron chi connectivity index (χ1n) is 5.68. The summed E-state index contributed by atoms with van der Waals surface area (Å²) in [4.78, 5) is 0. The molecule has 3 nitrogen and oxygen atoms in total. The Labute approximate surface area is 123 Å². The summed E-state index contributed by atoms with van der Waals surface area (Å²) in [5, 5.41) is 4.79. The van der Waals surface area contributed by atoms with Crippen LogP contribution >= 0.6 is 34.8 Å². The van der Waals surface area contributed by atoms with E-state index in [0.717, 1.165) is 12.8 Å². The zero-order chi connectivity index (χ0) is 13.5. The van der Waals surface area contributed by atoms with E-state index in [-0.39, 0.29) is 6.04 Å². The van der Waals surface area contributed by atoms with Crippen LogP contribution in [-0.4, -0.2) is 26.3 Å². The molecule has 1 unspecified atom stereocenters. The van der Waals surface area contributed by atoms with Crippen LogP contribution in [-0.2, 0) is 4.74 Å². The average molecular weight is 312 g/mol. The van der Waals surface area contributed by atoms with Gasteiger partial charge in [0.15, 0.2) is 0 Å². The molecule has 3 N–H and O–H groups in total. The Morgan fingerprint density at radius 1 is 1.28 bits per heavy atom. The van der Waals surface area contributed by atoms with Gasteiger partial charge in [-0.3, -0.25) is 0 Å². The van der Waals surface area contributed by atoms with Gasteiger partial charge in [-0.05, 0) is 31.5 Å². The SMILES string of the molecule is COCC(CCCN)Nc1c(Cl)cc(Cl)cc1Cl. The Bertz CT molecular complexity index is 365. The molecule has 1 rings (SSSR count). The summed E-state index contributed by atoms with van der Waals surface area (Å²) in [5.74, 6) is 0. The van der Waals surface area contributed by atoms with Crippen molar-refractivity contribution in [3.8, 4) is 0 Å². The summed E-state index contributed by atoms with van der Waals surface area (Å²) in [6.07, 6.45) is 1.80. The van der Waals surface area contributed by atoms with Gasteiger partial charge in [0.2, 0.25) is 0 Å². The molecule has 0 heterocycles. The molecule has 1 aromatic carbocycles. The first-order chi connectivity index (χ1) is 8.58. The van der Waals surface area contributed by atoms with Gasteiger partial charge >= 0.3 is 0 Å². The fourth-order valence-electron chi connectivity index (χ4n) is 1.65. The molecule has 1 aromatic rings. The van der Waals surface area contributed by atoms with Crippen LogP contribution in [0.2, 0.25) is 15.1 Å². The number of anilines is 1. The molecule has 0 saturated heterocycles. The van der Waals surface area contributed by atoms with Crippen molar-refractivity contribution in [2.75, 3.05) is 25.6 Å². The van der Waals surface area contributed by atoms with Crippen molar-refractivity contribution in [2.45, 2.75) is 18.9 Å². The van der Waals surface area contributed by atoms with Gasteiger partial charge in [-0.15, -0.1) is 0 Å². The molecule has 0 bridgehead atoms. The van der Waals surface area contributed by atoms with E-state index in [2.05, 4.69) is 5.32 Å². The van der Waals surface area contributed by atoms with E-state index in [0.29, 0.717) is 33.9 Å². The summed E-state index contributed by atoms with van der Waals surface area (Å²) in [7, 11) is 1.65. The summed E-state index contributed by atoms with van der Waals surface area (Å²) < 4.78 is 5.16. The molecule has 0 aliphatic heterocycles. The minimum atomic E-state index is 0.120. The maximum absolute atomic E-state index is 6.12. The van der Waals surface area contributed by atoms with Gasteiger partial charge in [0, 0.05) is 18.2 Å². The van der Waals surface area contributed by atoms with E-state index >= 15 is 0 Å². The number of hydrogen-bond donors (Lipinski definition) is 2. The van der Waals surface area contributed by atoms with Crippen molar-refractivity contribution in [3.05, 3.63) is 27.2 Å². The van der Waals surface area contributed by atoms with Crippen molar-refractivity contribution in [2.24, 2.45) is 5.73 Å². The summed E-state index contributed by atoms with van der Waals surface area (Å²) >= 11 is 18.1. The van der Waals surface area contributed by atoms with E-state index in [1.807, 2.05) is 0 Å². The second-order valence-corrected chi connectivity index (χ2v) is 5.22. The van der Waals surface area contributed by atoms with Crippen LogP contribution in [0, 0.1) is 0 Å². The summed E-state index contributed by atoms with van der Waals surface area (Å²) in [6.45, 7) is 1.21. The third kappa shape index (κ3) is 4.82. The lowest BCUT2D eigenvalue weighted by Gasteiger charge is -2.20. The first kappa shape index (κ1) is 15.9. The Hall–Kier alpha value is -0.190. The van der Waals surface area contributed by atoms with Crippen LogP contribution in [0.4, 0.5) is 5.69 Å². The standard InChI is InChI=1S/C12H17Cl3N2O/c1-18-7-9(3-2-4-16)17-12-10(14)5-8(13)6-11(12)15/h5-6,9,17H,2-4,7,16H2,1H3. The van der Waals surface area contributed by atoms with Crippen LogP contribution in [0.25, 0.3) is 0 Å². The third-order valence-corrected chi connectivity index (χ3v) is 3.29. The highest BCUT2D eigenvalue weighted by Crippen LogP contribution is 2.34. The Morgan fingerprint density at radius 2 is 1.89 bits per heavy atom. The molecule has 0 radical (unpaired) electrons. The number of benzene rings is 1. The lowest BCUT2D eigenvalue weighted by Crippen LogP contribution is -2.26. The van der Waals surface area contributed by atoms with Crippen LogP contribution in [0.15, 0.2) is 12.1 Å². The number of halogens is 3. The number of hydrogen-bond acceptors (Lipinski definition) is 3. The molecule has 1 atom stereocenters. The lowest BCUT2D eigenvalue weighted by atomic mass is 10.1. The van der Waals surface area contributed by atoms with E-state index in [1.54, 1.807) is 19.2 Å². The van der Waals surface area contributed by atoms with Gasteiger partial charge < -0.3 is 15.8 Å². The topological polar surface area (TPSA) is 47.3 Å². The minimum absolute atomic E-state index is 0.120. The van der Waals surface area contributed by atoms with Crippen molar-refractivity contribution in [1.29, 1.82) is 0 Å². The molecule has 0 aliphatic rings. The molecule has 18 heavy (non-hydrogen) atoms. The molecule has 0 aromatic heterocycles. The van der Waals surface area contributed by atoms with Crippen LogP contribution in [0.5, 0.6) is 0 Å². The van der Waals surface area contributed by atoms with Gasteiger partial charge in [0.05, 0.1) is 22.3 Å². The number of ether oxygens (including phenoxy) is 1. The maximum Gasteiger partial charge on any atom is 0.0722 e.